The maximum absolute atomic E-state index is 12.1. The van der Waals surface area contributed by atoms with E-state index in [1.165, 1.54) is 15.3 Å². The highest BCUT2D eigenvalue weighted by Gasteiger charge is 2.33. The Hall–Kier alpha value is -1.33. The Labute approximate surface area is 127 Å². The largest absolute Gasteiger partial charge is 0.325 e. The summed E-state index contributed by atoms with van der Waals surface area (Å²) in [6.07, 6.45) is 4.49. The van der Waals surface area contributed by atoms with E-state index < -0.39 is 0 Å². The molecule has 0 saturated carbocycles. The molecule has 0 N–H and O–H groups in total. The Morgan fingerprint density at radius 3 is 2.80 bits per heavy atom. The van der Waals surface area contributed by atoms with Crippen LogP contribution in [0.1, 0.15) is 20.7 Å². The third kappa shape index (κ3) is 2.88. The van der Waals surface area contributed by atoms with Gasteiger partial charge in [0.2, 0.25) is 5.91 Å². The van der Waals surface area contributed by atoms with E-state index in [2.05, 4.69) is 24.0 Å². The van der Waals surface area contributed by atoms with Gasteiger partial charge < -0.3 is 4.90 Å². The van der Waals surface area contributed by atoms with Crippen molar-refractivity contribution in [2.45, 2.75) is 18.7 Å². The summed E-state index contributed by atoms with van der Waals surface area (Å²) in [6.45, 7) is 2.88. The van der Waals surface area contributed by atoms with Gasteiger partial charge in [0.25, 0.3) is 0 Å². The van der Waals surface area contributed by atoms with Crippen molar-refractivity contribution in [2.24, 2.45) is 0 Å². The molecule has 0 aromatic carbocycles. The van der Waals surface area contributed by atoms with Crippen LogP contribution < -0.4 is 0 Å². The molecule has 1 aliphatic rings. The molecule has 20 heavy (non-hydrogen) atoms. The van der Waals surface area contributed by atoms with E-state index in [0.29, 0.717) is 5.75 Å². The third-order valence-corrected chi connectivity index (χ3v) is 5.80. The van der Waals surface area contributed by atoms with E-state index in [9.17, 15) is 4.79 Å². The molecule has 0 radical (unpaired) electrons. The maximum Gasteiger partial charge on any atom is 0.233 e. The molecule has 0 spiro atoms. The first-order valence-corrected chi connectivity index (χ1v) is 8.47. The molecular weight excluding hydrogens is 288 g/mol. The molecule has 1 aliphatic heterocycles. The van der Waals surface area contributed by atoms with Crippen molar-refractivity contribution in [3.8, 4) is 0 Å². The van der Waals surface area contributed by atoms with Crippen LogP contribution >= 0.6 is 23.1 Å². The molecule has 1 fully saturated rings. The molecule has 5 heteroatoms. The molecule has 3 heterocycles. The van der Waals surface area contributed by atoms with E-state index in [1.807, 2.05) is 17.0 Å². The van der Waals surface area contributed by atoms with Crippen molar-refractivity contribution in [1.29, 1.82) is 0 Å². The molecule has 1 unspecified atom stereocenters. The van der Waals surface area contributed by atoms with E-state index in [-0.39, 0.29) is 11.3 Å². The van der Waals surface area contributed by atoms with Gasteiger partial charge in [0, 0.05) is 28.7 Å². The summed E-state index contributed by atoms with van der Waals surface area (Å²) in [5.74, 6) is 0.845. The standard InChI is InChI=1S/C15H16N2OS2/c1-11-2-3-13(20-11)15-17(14(18)10-19-15)9-6-12-4-7-16-8-5-12/h2-5,7-8,15H,6,9-10H2,1H3. The highest BCUT2D eigenvalue weighted by molar-refractivity contribution is 8.00. The Kier molecular flexibility index (Phi) is 4.08. The molecule has 104 valence electrons. The predicted molar refractivity (Wildman–Crippen MR) is 83.9 cm³/mol. The van der Waals surface area contributed by atoms with E-state index in [1.54, 1.807) is 35.5 Å². The number of thioether (sulfide) groups is 1. The average Bonchev–Trinajstić information content (AvgIpc) is 3.04. The molecular formula is C15H16N2OS2. The van der Waals surface area contributed by atoms with Gasteiger partial charge in [-0.1, -0.05) is 0 Å². The van der Waals surface area contributed by atoms with Gasteiger partial charge in [-0.05, 0) is 43.2 Å². The van der Waals surface area contributed by atoms with Crippen molar-refractivity contribution >= 4 is 29.0 Å². The van der Waals surface area contributed by atoms with Gasteiger partial charge in [-0.3, -0.25) is 9.78 Å². The monoisotopic (exact) mass is 304 g/mol. The van der Waals surface area contributed by atoms with Gasteiger partial charge in [0.15, 0.2) is 0 Å². The number of rotatable bonds is 4. The lowest BCUT2D eigenvalue weighted by molar-refractivity contribution is -0.127. The predicted octanol–water partition coefficient (Wildman–Crippen LogP) is 3.27. The SMILES string of the molecule is Cc1ccc(C2SCC(=O)N2CCc2ccncc2)s1. The average molecular weight is 304 g/mol. The van der Waals surface area contributed by atoms with Crippen LogP contribution in [-0.2, 0) is 11.2 Å². The van der Waals surface area contributed by atoms with Crippen molar-refractivity contribution in [3.63, 3.8) is 0 Å². The van der Waals surface area contributed by atoms with Crippen LogP contribution in [0.15, 0.2) is 36.7 Å². The second kappa shape index (κ2) is 5.97. The summed E-state index contributed by atoms with van der Waals surface area (Å²) in [5.41, 5.74) is 1.23. The normalized spacial score (nSPS) is 18.8. The van der Waals surface area contributed by atoms with Gasteiger partial charge in [-0.2, -0.15) is 0 Å². The van der Waals surface area contributed by atoms with Crippen LogP contribution in [0.5, 0.6) is 0 Å². The summed E-state index contributed by atoms with van der Waals surface area (Å²) in [6, 6.07) is 8.30. The minimum Gasteiger partial charge on any atom is -0.325 e. The highest BCUT2D eigenvalue weighted by Crippen LogP contribution is 2.41. The van der Waals surface area contributed by atoms with Gasteiger partial charge in [0.1, 0.15) is 5.37 Å². The van der Waals surface area contributed by atoms with Gasteiger partial charge in [-0.25, -0.2) is 0 Å². The fourth-order valence-electron chi connectivity index (χ4n) is 2.32. The Morgan fingerprint density at radius 2 is 2.10 bits per heavy atom. The number of nitrogens with zero attached hydrogens (tertiary/aromatic N) is 2. The summed E-state index contributed by atoms with van der Waals surface area (Å²) < 4.78 is 0. The number of hydrogen-bond acceptors (Lipinski definition) is 4. The number of thiophene rings is 1. The molecule has 0 bridgehead atoms. The topological polar surface area (TPSA) is 33.2 Å². The number of carbonyl (C=O) groups excluding carboxylic acids is 1. The zero-order valence-corrected chi connectivity index (χ0v) is 12.9. The second-order valence-corrected chi connectivity index (χ2v) is 7.19. The minimum atomic E-state index is 0.197. The minimum absolute atomic E-state index is 0.197. The number of pyridine rings is 1. The fraction of sp³-hybridized carbons (Fsp3) is 0.333. The van der Waals surface area contributed by atoms with Crippen molar-refractivity contribution < 1.29 is 4.79 Å². The van der Waals surface area contributed by atoms with E-state index >= 15 is 0 Å². The summed E-state index contributed by atoms with van der Waals surface area (Å²) in [7, 11) is 0. The maximum atomic E-state index is 12.1. The molecule has 3 nitrogen and oxygen atoms in total. The molecule has 2 aromatic heterocycles. The molecule has 3 rings (SSSR count). The first-order valence-electron chi connectivity index (χ1n) is 6.60. The van der Waals surface area contributed by atoms with Crippen LogP contribution in [0.25, 0.3) is 0 Å². The van der Waals surface area contributed by atoms with Gasteiger partial charge in [0.05, 0.1) is 5.75 Å². The first kappa shape index (κ1) is 13.6. The summed E-state index contributed by atoms with van der Waals surface area (Å²) in [4.78, 5) is 20.7. The quantitative estimate of drug-likeness (QED) is 0.869. The van der Waals surface area contributed by atoms with Crippen LogP contribution in [0.4, 0.5) is 0 Å². The van der Waals surface area contributed by atoms with Crippen molar-refractivity contribution in [2.75, 3.05) is 12.3 Å². The van der Waals surface area contributed by atoms with Gasteiger partial charge >= 0.3 is 0 Å². The highest BCUT2D eigenvalue weighted by atomic mass is 32.2. The lowest BCUT2D eigenvalue weighted by Gasteiger charge is -2.23. The number of carbonyl (C=O) groups is 1. The lowest BCUT2D eigenvalue weighted by Crippen LogP contribution is -2.30. The summed E-state index contributed by atoms with van der Waals surface area (Å²) in [5, 5.41) is 0.197. The van der Waals surface area contributed by atoms with Crippen LogP contribution in [-0.4, -0.2) is 28.1 Å². The molecule has 0 aliphatic carbocycles. The van der Waals surface area contributed by atoms with Crippen LogP contribution in [0, 0.1) is 6.92 Å². The second-order valence-electron chi connectivity index (χ2n) is 4.80. The van der Waals surface area contributed by atoms with Crippen LogP contribution in [0.3, 0.4) is 0 Å². The molecule has 1 atom stereocenters. The molecule has 1 amide bonds. The smallest absolute Gasteiger partial charge is 0.233 e. The van der Waals surface area contributed by atoms with Crippen molar-refractivity contribution in [3.05, 3.63) is 52.0 Å². The molecule has 1 saturated heterocycles. The van der Waals surface area contributed by atoms with Gasteiger partial charge in [-0.15, -0.1) is 23.1 Å². The van der Waals surface area contributed by atoms with E-state index in [0.717, 1.165) is 13.0 Å². The number of hydrogen-bond donors (Lipinski definition) is 0. The number of aromatic nitrogens is 1. The van der Waals surface area contributed by atoms with Crippen LogP contribution in [0.2, 0.25) is 0 Å². The van der Waals surface area contributed by atoms with E-state index in [4.69, 9.17) is 0 Å². The molecule has 2 aromatic rings. The number of aryl methyl sites for hydroxylation is 1. The first-order chi connectivity index (χ1) is 9.74. The lowest BCUT2D eigenvalue weighted by atomic mass is 10.2. The zero-order chi connectivity index (χ0) is 13.9. The fourth-order valence-corrected chi connectivity index (χ4v) is 4.65. The number of amides is 1. The Morgan fingerprint density at radius 1 is 1.30 bits per heavy atom. The third-order valence-electron chi connectivity index (χ3n) is 3.36. The Balaban J connectivity index is 1.71. The zero-order valence-electron chi connectivity index (χ0n) is 11.3. The Bertz CT molecular complexity index is 597. The summed E-state index contributed by atoms with van der Waals surface area (Å²) >= 11 is 3.52. The van der Waals surface area contributed by atoms with Crippen molar-refractivity contribution in [1.82, 2.24) is 9.88 Å².